The smallest absolute Gasteiger partial charge is 0.184 e. The summed E-state index contributed by atoms with van der Waals surface area (Å²) in [7, 11) is 8.55. The molecule has 0 bridgehead atoms. The second-order valence-electron chi connectivity index (χ2n) is 12.1. The van der Waals surface area contributed by atoms with E-state index in [0.29, 0.717) is 51.1 Å². The molecule has 49 heavy (non-hydrogen) atoms. The maximum atomic E-state index is 13.8. The van der Waals surface area contributed by atoms with Gasteiger partial charge in [-0.05, 0) is 42.0 Å². The van der Waals surface area contributed by atoms with Crippen molar-refractivity contribution in [3.63, 3.8) is 0 Å². The van der Waals surface area contributed by atoms with Crippen LogP contribution in [0.15, 0.2) is 119 Å². The Labute approximate surface area is 284 Å². The summed E-state index contributed by atoms with van der Waals surface area (Å²) in [6.45, 7) is 0. The van der Waals surface area contributed by atoms with E-state index in [1.807, 2.05) is 85.7 Å². The van der Waals surface area contributed by atoms with Crippen molar-refractivity contribution in [3.8, 4) is 35.1 Å². The highest BCUT2D eigenvalue weighted by Crippen LogP contribution is 2.71. The van der Waals surface area contributed by atoms with E-state index in [0.717, 1.165) is 11.3 Å². The van der Waals surface area contributed by atoms with E-state index in [2.05, 4.69) is 17.5 Å². The summed E-state index contributed by atoms with van der Waals surface area (Å²) in [5, 5.41) is 37.8. The average molecular weight is 652 g/mol. The monoisotopic (exact) mass is 651 g/mol. The maximum Gasteiger partial charge on any atom is 0.184 e. The Balaban J connectivity index is 1.64. The first kappa shape index (κ1) is 31.4. The fourth-order valence-electron chi connectivity index (χ4n) is 7.25. The molecule has 10 heteroatoms. The fraction of sp³-hybridized carbons (Fsp3) is 0.205. The predicted molar refractivity (Wildman–Crippen MR) is 184 cm³/mol. The minimum absolute atomic E-state index is 0.166. The normalized spacial score (nSPS) is 21.5. The van der Waals surface area contributed by atoms with Gasteiger partial charge in [0.25, 0.3) is 0 Å². The number of nitrogens with zero attached hydrogens (tertiary/aromatic N) is 4. The quantitative estimate of drug-likeness (QED) is 0.243. The van der Waals surface area contributed by atoms with E-state index in [1.54, 1.807) is 38.5 Å². The van der Waals surface area contributed by atoms with Gasteiger partial charge in [-0.3, -0.25) is 0 Å². The molecule has 10 nitrogen and oxygen atoms in total. The van der Waals surface area contributed by atoms with E-state index < -0.39 is 17.1 Å². The van der Waals surface area contributed by atoms with Gasteiger partial charge in [0, 0.05) is 48.6 Å². The number of nitriles is 2. The first-order valence-electron chi connectivity index (χ1n) is 15.6. The lowest BCUT2D eigenvalue weighted by atomic mass is 9.69. The van der Waals surface area contributed by atoms with Gasteiger partial charge in [-0.2, -0.15) is 10.5 Å². The molecule has 4 aromatic carbocycles. The molecule has 3 atom stereocenters. The van der Waals surface area contributed by atoms with Gasteiger partial charge in [0.15, 0.2) is 16.8 Å². The number of aliphatic hydroxyl groups is 1. The molecule has 2 heterocycles. The van der Waals surface area contributed by atoms with Gasteiger partial charge < -0.3 is 34.3 Å². The van der Waals surface area contributed by atoms with Gasteiger partial charge in [0.1, 0.15) is 41.0 Å². The first-order chi connectivity index (χ1) is 23.7. The Morgan fingerprint density at radius 3 is 2.14 bits per heavy atom. The first-order valence-corrected chi connectivity index (χ1v) is 15.6. The summed E-state index contributed by atoms with van der Waals surface area (Å²) in [6, 6.07) is 32.2. The number of fused-ring (bicyclic) bond motifs is 4. The number of nitrogens with one attached hydrogen (secondary N) is 1. The minimum Gasteiger partial charge on any atom is -0.497 e. The van der Waals surface area contributed by atoms with Crippen LogP contribution in [0, 0.1) is 22.7 Å². The lowest BCUT2D eigenvalue weighted by Gasteiger charge is -2.41. The van der Waals surface area contributed by atoms with Crippen LogP contribution in [-0.2, 0) is 11.2 Å². The largest absolute Gasteiger partial charge is 0.497 e. The Kier molecular flexibility index (Phi) is 7.54. The van der Waals surface area contributed by atoms with Crippen molar-refractivity contribution in [1.82, 2.24) is 5.32 Å². The van der Waals surface area contributed by atoms with Crippen LogP contribution in [0.5, 0.6) is 23.0 Å². The Morgan fingerprint density at radius 1 is 0.878 bits per heavy atom. The van der Waals surface area contributed by atoms with Crippen LogP contribution in [0.25, 0.3) is 0 Å². The highest BCUT2D eigenvalue weighted by Gasteiger charge is 2.74. The number of ether oxygens (including phenoxy) is 4. The van der Waals surface area contributed by atoms with Gasteiger partial charge in [0.05, 0.1) is 44.2 Å². The van der Waals surface area contributed by atoms with Crippen molar-refractivity contribution in [2.24, 2.45) is 4.99 Å². The van der Waals surface area contributed by atoms with Gasteiger partial charge in [-0.25, -0.2) is 4.99 Å². The van der Waals surface area contributed by atoms with Crippen molar-refractivity contribution in [1.29, 1.82) is 10.5 Å². The summed E-state index contributed by atoms with van der Waals surface area (Å²) in [4.78, 5) is 7.16. The van der Waals surface area contributed by atoms with Crippen LogP contribution in [0.4, 0.5) is 5.69 Å². The highest BCUT2D eigenvalue weighted by molar-refractivity contribution is 6.03. The Hall–Kier alpha value is -6.23. The van der Waals surface area contributed by atoms with Gasteiger partial charge >= 0.3 is 0 Å². The molecule has 2 aliphatic heterocycles. The lowest BCUT2D eigenvalue weighted by molar-refractivity contribution is -0.0937. The topological polar surface area (TPSA) is 132 Å². The standard InChI is InChI=1S/C39H33N5O5/c1-44(2)27-15-11-24(12-16-27)37-42-35(25(21-40)22-41)32-33(23-9-7-6-8-10-23)39(26-13-17-28(46-3)18-14-26)38(45,36(32)43-37)34-30(48-5)19-29(47-4)20-31(34)49-39/h6-20,33,45H,1-5H3,(H,42,43)/t33-,38+,39+/m1/s1. The van der Waals surface area contributed by atoms with Crippen LogP contribution >= 0.6 is 0 Å². The molecule has 0 spiro atoms. The number of hydrogen-bond acceptors (Lipinski definition) is 10. The zero-order valence-corrected chi connectivity index (χ0v) is 27.6. The highest BCUT2D eigenvalue weighted by atomic mass is 16.5. The van der Waals surface area contributed by atoms with E-state index >= 15 is 0 Å². The van der Waals surface area contributed by atoms with Crippen molar-refractivity contribution in [2.75, 3.05) is 40.3 Å². The van der Waals surface area contributed by atoms with Crippen LogP contribution in [-0.4, -0.2) is 46.4 Å². The predicted octanol–water partition coefficient (Wildman–Crippen LogP) is 5.66. The maximum absolute atomic E-state index is 13.8. The van der Waals surface area contributed by atoms with Crippen LogP contribution in [0.3, 0.4) is 0 Å². The molecule has 0 saturated heterocycles. The lowest BCUT2D eigenvalue weighted by Crippen LogP contribution is -2.50. The molecule has 3 aliphatic rings. The number of methoxy groups -OCH3 is 3. The Morgan fingerprint density at radius 2 is 1.55 bits per heavy atom. The van der Waals surface area contributed by atoms with Crippen molar-refractivity contribution in [3.05, 3.63) is 136 Å². The molecular formula is C39H33N5O5. The molecule has 0 radical (unpaired) electrons. The van der Waals surface area contributed by atoms with Crippen LogP contribution in [0.1, 0.15) is 28.2 Å². The number of amidine groups is 1. The van der Waals surface area contributed by atoms with Crippen molar-refractivity contribution >= 4 is 11.5 Å². The third-order valence-electron chi connectivity index (χ3n) is 9.48. The summed E-state index contributed by atoms with van der Waals surface area (Å²) in [5.74, 6) is 1.33. The van der Waals surface area contributed by atoms with E-state index in [9.17, 15) is 15.6 Å². The molecule has 244 valence electrons. The summed E-state index contributed by atoms with van der Waals surface area (Å²) in [5.41, 5.74) is 0.527. The van der Waals surface area contributed by atoms with Gasteiger partial charge in [-0.1, -0.05) is 42.5 Å². The fourth-order valence-corrected chi connectivity index (χ4v) is 7.25. The molecule has 0 fully saturated rings. The second kappa shape index (κ2) is 11.8. The minimum atomic E-state index is -2.01. The molecule has 0 unspecified atom stereocenters. The number of aliphatic imine (C=N–C) groups is 1. The van der Waals surface area contributed by atoms with Crippen molar-refractivity contribution < 1.29 is 24.1 Å². The van der Waals surface area contributed by atoms with Gasteiger partial charge in [-0.15, -0.1) is 0 Å². The SMILES string of the molecule is COc1ccc([C@@]23Oc4cc(OC)cc(OC)c4[C@]2(O)C2=C(C(=C(C#N)C#N)NC(c4ccc(N(C)C)cc4)=N2)[C@H]3c2ccccc2)cc1. The number of allylic oxidation sites excluding steroid dienone is 2. The summed E-state index contributed by atoms with van der Waals surface area (Å²) in [6.07, 6.45) is 0. The zero-order valence-electron chi connectivity index (χ0n) is 27.6. The summed E-state index contributed by atoms with van der Waals surface area (Å²) >= 11 is 0. The van der Waals surface area contributed by atoms with Crippen molar-refractivity contribution in [2.45, 2.75) is 17.1 Å². The van der Waals surface area contributed by atoms with E-state index in [1.165, 1.54) is 7.11 Å². The summed E-state index contributed by atoms with van der Waals surface area (Å²) < 4.78 is 24.2. The molecule has 7 rings (SSSR count). The molecule has 4 aromatic rings. The second-order valence-corrected chi connectivity index (χ2v) is 12.1. The molecular weight excluding hydrogens is 618 g/mol. The van der Waals surface area contributed by atoms with E-state index in [-0.39, 0.29) is 17.0 Å². The van der Waals surface area contributed by atoms with Crippen LogP contribution in [0.2, 0.25) is 0 Å². The third-order valence-corrected chi connectivity index (χ3v) is 9.48. The molecule has 0 aromatic heterocycles. The molecule has 0 saturated carbocycles. The third kappa shape index (κ3) is 4.46. The number of rotatable bonds is 7. The number of benzene rings is 4. The molecule has 2 N–H and O–H groups in total. The van der Waals surface area contributed by atoms with Crippen LogP contribution < -0.4 is 29.2 Å². The molecule has 0 amide bonds. The molecule has 1 aliphatic carbocycles. The number of hydrogen-bond donors (Lipinski definition) is 2. The zero-order chi connectivity index (χ0) is 34.5. The van der Waals surface area contributed by atoms with Gasteiger partial charge in [0.2, 0.25) is 0 Å². The Bertz CT molecular complexity index is 2130. The number of anilines is 1. The van der Waals surface area contributed by atoms with E-state index in [4.69, 9.17) is 23.9 Å². The average Bonchev–Trinajstić information content (AvgIpc) is 3.54.